The van der Waals surface area contributed by atoms with Gasteiger partial charge in [0.25, 0.3) is 0 Å². The zero-order chi connectivity index (χ0) is 13.1. The fraction of sp³-hybridized carbons (Fsp3) is 0.538. The third-order valence-corrected chi connectivity index (χ3v) is 3.25. The average molecular weight is 242 g/mol. The molecule has 3 nitrogen and oxygen atoms in total. The molecule has 1 N–H and O–H groups in total. The molecule has 0 saturated carbocycles. The molecule has 1 aromatic rings. The summed E-state index contributed by atoms with van der Waals surface area (Å²) < 4.78 is 24.0. The van der Waals surface area contributed by atoms with Gasteiger partial charge in [0, 0.05) is 18.7 Å². The summed E-state index contributed by atoms with van der Waals surface area (Å²) in [6.07, 6.45) is -0.431. The number of benzene rings is 1. The van der Waals surface area contributed by atoms with Crippen LogP contribution in [0.3, 0.4) is 0 Å². The SMILES string of the molecule is CCC(C)(OC)C(O)c1ccc(OC)cc1F. The highest BCUT2D eigenvalue weighted by Gasteiger charge is 2.33. The quantitative estimate of drug-likeness (QED) is 0.862. The van der Waals surface area contributed by atoms with Gasteiger partial charge in [-0.25, -0.2) is 4.39 Å². The Morgan fingerprint density at radius 3 is 2.47 bits per heavy atom. The maximum atomic E-state index is 13.8. The van der Waals surface area contributed by atoms with Crippen LogP contribution in [0.15, 0.2) is 18.2 Å². The van der Waals surface area contributed by atoms with E-state index in [2.05, 4.69) is 0 Å². The van der Waals surface area contributed by atoms with Crippen molar-refractivity contribution in [2.75, 3.05) is 14.2 Å². The molecule has 0 aromatic heterocycles. The van der Waals surface area contributed by atoms with E-state index in [9.17, 15) is 9.50 Å². The molecule has 0 fully saturated rings. The van der Waals surface area contributed by atoms with Crippen molar-refractivity contribution in [3.8, 4) is 5.75 Å². The highest BCUT2D eigenvalue weighted by Crippen LogP contribution is 2.33. The standard InChI is InChI=1S/C13H19FO3/c1-5-13(2,17-4)12(15)10-7-6-9(16-3)8-11(10)14/h6-8,12,15H,5H2,1-4H3. The van der Waals surface area contributed by atoms with Gasteiger partial charge in [0.1, 0.15) is 17.7 Å². The molecule has 0 aliphatic carbocycles. The van der Waals surface area contributed by atoms with Crippen LogP contribution in [0.25, 0.3) is 0 Å². The molecule has 4 heteroatoms. The van der Waals surface area contributed by atoms with Crippen molar-refractivity contribution in [2.24, 2.45) is 0 Å². The number of ether oxygens (including phenoxy) is 2. The van der Waals surface area contributed by atoms with Crippen LogP contribution >= 0.6 is 0 Å². The highest BCUT2D eigenvalue weighted by atomic mass is 19.1. The maximum absolute atomic E-state index is 13.8. The Morgan fingerprint density at radius 1 is 1.41 bits per heavy atom. The third kappa shape index (κ3) is 2.76. The van der Waals surface area contributed by atoms with Gasteiger partial charge in [-0.05, 0) is 25.5 Å². The minimum atomic E-state index is -1.01. The summed E-state index contributed by atoms with van der Waals surface area (Å²) >= 11 is 0. The second kappa shape index (κ2) is 5.47. The number of aliphatic hydroxyl groups is 1. The van der Waals surface area contributed by atoms with Gasteiger partial charge in [0.15, 0.2) is 0 Å². The molecule has 0 amide bonds. The van der Waals surface area contributed by atoms with Crippen molar-refractivity contribution in [1.82, 2.24) is 0 Å². The molecule has 0 aliphatic heterocycles. The van der Waals surface area contributed by atoms with Crippen LogP contribution in [0.4, 0.5) is 4.39 Å². The minimum Gasteiger partial charge on any atom is -0.497 e. The van der Waals surface area contributed by atoms with Crippen LogP contribution in [-0.4, -0.2) is 24.9 Å². The van der Waals surface area contributed by atoms with Crippen molar-refractivity contribution in [1.29, 1.82) is 0 Å². The van der Waals surface area contributed by atoms with Gasteiger partial charge in [0.05, 0.1) is 12.7 Å². The number of hydrogen-bond donors (Lipinski definition) is 1. The zero-order valence-electron chi connectivity index (χ0n) is 10.7. The van der Waals surface area contributed by atoms with Crippen LogP contribution in [0.2, 0.25) is 0 Å². The first kappa shape index (κ1) is 13.9. The average Bonchev–Trinajstić information content (AvgIpc) is 2.36. The summed E-state index contributed by atoms with van der Waals surface area (Å²) in [5, 5.41) is 10.2. The Morgan fingerprint density at radius 2 is 2.06 bits per heavy atom. The summed E-state index contributed by atoms with van der Waals surface area (Å²) in [5.74, 6) is -0.0670. The Bertz CT molecular complexity index is 375. The Balaban J connectivity index is 3.08. The van der Waals surface area contributed by atoms with E-state index in [0.717, 1.165) is 0 Å². The monoisotopic (exact) mass is 242 g/mol. The second-order valence-corrected chi connectivity index (χ2v) is 4.16. The summed E-state index contributed by atoms with van der Waals surface area (Å²) in [7, 11) is 2.98. The number of rotatable bonds is 5. The summed E-state index contributed by atoms with van der Waals surface area (Å²) in [6.45, 7) is 3.63. The lowest BCUT2D eigenvalue weighted by molar-refractivity contribution is -0.0955. The number of hydrogen-bond acceptors (Lipinski definition) is 3. The Kier molecular flexibility index (Phi) is 4.48. The molecule has 96 valence electrons. The van der Waals surface area contributed by atoms with Crippen molar-refractivity contribution in [3.05, 3.63) is 29.6 Å². The van der Waals surface area contributed by atoms with E-state index in [1.165, 1.54) is 26.4 Å². The van der Waals surface area contributed by atoms with Gasteiger partial charge in [0.2, 0.25) is 0 Å². The first-order chi connectivity index (χ1) is 7.98. The lowest BCUT2D eigenvalue weighted by atomic mass is 9.90. The van der Waals surface area contributed by atoms with Gasteiger partial charge in [-0.3, -0.25) is 0 Å². The fourth-order valence-electron chi connectivity index (χ4n) is 1.63. The van der Waals surface area contributed by atoms with Gasteiger partial charge in [-0.1, -0.05) is 6.92 Å². The van der Waals surface area contributed by atoms with E-state index in [-0.39, 0.29) is 5.56 Å². The fourth-order valence-corrected chi connectivity index (χ4v) is 1.63. The molecule has 2 atom stereocenters. The maximum Gasteiger partial charge on any atom is 0.132 e. The topological polar surface area (TPSA) is 38.7 Å². The largest absolute Gasteiger partial charge is 0.497 e. The highest BCUT2D eigenvalue weighted by molar-refractivity contribution is 5.31. The van der Waals surface area contributed by atoms with E-state index in [1.807, 2.05) is 6.92 Å². The molecular formula is C13H19FO3. The molecule has 1 rings (SSSR count). The predicted octanol–water partition coefficient (Wildman–Crippen LogP) is 2.68. The van der Waals surface area contributed by atoms with Crippen molar-refractivity contribution in [2.45, 2.75) is 32.0 Å². The molecule has 0 saturated heterocycles. The Labute approximate surface area is 101 Å². The molecule has 2 unspecified atom stereocenters. The first-order valence-electron chi connectivity index (χ1n) is 5.55. The van der Waals surface area contributed by atoms with Crippen LogP contribution in [-0.2, 0) is 4.74 Å². The normalized spacial score (nSPS) is 16.4. The molecule has 0 spiro atoms. The van der Waals surface area contributed by atoms with E-state index < -0.39 is 17.5 Å². The molecule has 0 heterocycles. The van der Waals surface area contributed by atoms with Crippen molar-refractivity contribution < 1.29 is 19.0 Å². The van der Waals surface area contributed by atoms with E-state index >= 15 is 0 Å². The molecule has 17 heavy (non-hydrogen) atoms. The number of methoxy groups -OCH3 is 2. The molecular weight excluding hydrogens is 223 g/mol. The molecule has 0 bridgehead atoms. The number of halogens is 1. The zero-order valence-corrected chi connectivity index (χ0v) is 10.7. The Hall–Kier alpha value is -1.13. The lowest BCUT2D eigenvalue weighted by Crippen LogP contribution is -2.34. The smallest absolute Gasteiger partial charge is 0.132 e. The van der Waals surface area contributed by atoms with Crippen LogP contribution in [0.1, 0.15) is 31.9 Å². The van der Waals surface area contributed by atoms with Gasteiger partial charge in [-0.2, -0.15) is 0 Å². The number of aliphatic hydroxyl groups excluding tert-OH is 1. The third-order valence-electron chi connectivity index (χ3n) is 3.25. The minimum absolute atomic E-state index is 0.219. The van der Waals surface area contributed by atoms with Gasteiger partial charge < -0.3 is 14.6 Å². The second-order valence-electron chi connectivity index (χ2n) is 4.16. The van der Waals surface area contributed by atoms with E-state index in [4.69, 9.17) is 9.47 Å². The summed E-state index contributed by atoms with van der Waals surface area (Å²) in [6, 6.07) is 4.39. The van der Waals surface area contributed by atoms with Crippen LogP contribution in [0.5, 0.6) is 5.75 Å². The van der Waals surface area contributed by atoms with Gasteiger partial charge >= 0.3 is 0 Å². The summed E-state index contributed by atoms with van der Waals surface area (Å²) in [4.78, 5) is 0. The lowest BCUT2D eigenvalue weighted by Gasteiger charge is -2.32. The predicted molar refractivity (Wildman–Crippen MR) is 63.6 cm³/mol. The summed E-state index contributed by atoms with van der Waals surface area (Å²) in [5.41, 5.74) is -0.577. The molecule has 0 radical (unpaired) electrons. The van der Waals surface area contributed by atoms with E-state index in [0.29, 0.717) is 12.2 Å². The van der Waals surface area contributed by atoms with Crippen LogP contribution < -0.4 is 4.74 Å². The van der Waals surface area contributed by atoms with E-state index in [1.54, 1.807) is 13.0 Å². The van der Waals surface area contributed by atoms with Crippen molar-refractivity contribution in [3.63, 3.8) is 0 Å². The molecule has 0 aliphatic rings. The first-order valence-corrected chi connectivity index (χ1v) is 5.55. The van der Waals surface area contributed by atoms with Crippen molar-refractivity contribution >= 4 is 0 Å². The van der Waals surface area contributed by atoms with Gasteiger partial charge in [-0.15, -0.1) is 0 Å². The van der Waals surface area contributed by atoms with Crippen LogP contribution in [0, 0.1) is 5.82 Å². The molecule has 1 aromatic carbocycles.